The lowest BCUT2D eigenvalue weighted by molar-refractivity contribution is -0.137. The Morgan fingerprint density at radius 2 is 1.85 bits per heavy atom. The van der Waals surface area contributed by atoms with Gasteiger partial charge in [0.05, 0.1) is 17.3 Å². The van der Waals surface area contributed by atoms with Crippen LogP contribution in [-0.4, -0.2) is 16.7 Å². The number of rotatable bonds is 3. The van der Waals surface area contributed by atoms with E-state index < -0.39 is 23.4 Å². The molecular formula is C19H21F3N2O2. The number of hydrogen-bond donors (Lipinski definition) is 1. The summed E-state index contributed by atoms with van der Waals surface area (Å²) in [5.41, 5.74) is 0.186. The van der Waals surface area contributed by atoms with Gasteiger partial charge >= 0.3 is 12.3 Å². The summed E-state index contributed by atoms with van der Waals surface area (Å²) in [6, 6.07) is 7.98. The number of aromatic nitrogens is 1. The van der Waals surface area contributed by atoms with Crippen molar-refractivity contribution in [3.63, 3.8) is 0 Å². The van der Waals surface area contributed by atoms with Gasteiger partial charge in [-0.2, -0.15) is 13.2 Å². The number of pyridine rings is 1. The van der Waals surface area contributed by atoms with E-state index in [-0.39, 0.29) is 6.04 Å². The van der Waals surface area contributed by atoms with E-state index in [4.69, 9.17) is 4.74 Å². The summed E-state index contributed by atoms with van der Waals surface area (Å²) in [5, 5.41) is 2.69. The first-order valence-electron chi connectivity index (χ1n) is 8.09. The summed E-state index contributed by atoms with van der Waals surface area (Å²) in [6.07, 6.45) is -3.42. The smallest absolute Gasteiger partial charge is 0.416 e. The first-order valence-corrected chi connectivity index (χ1v) is 8.09. The Balaban J connectivity index is 2.12. The van der Waals surface area contributed by atoms with Crippen LogP contribution in [-0.2, 0) is 10.9 Å². The molecule has 0 fully saturated rings. The third kappa shape index (κ3) is 5.47. The van der Waals surface area contributed by atoms with Crippen LogP contribution in [0.25, 0.3) is 11.3 Å². The molecule has 1 heterocycles. The van der Waals surface area contributed by atoms with Gasteiger partial charge < -0.3 is 10.1 Å². The maximum absolute atomic E-state index is 12.8. The highest BCUT2D eigenvalue weighted by molar-refractivity contribution is 5.68. The number of alkyl halides is 3. The van der Waals surface area contributed by atoms with Gasteiger partial charge in [-0.15, -0.1) is 0 Å². The molecule has 0 aliphatic rings. The van der Waals surface area contributed by atoms with Crippen molar-refractivity contribution in [1.29, 1.82) is 0 Å². The summed E-state index contributed by atoms with van der Waals surface area (Å²) in [4.78, 5) is 16.0. The molecular weight excluding hydrogens is 345 g/mol. The molecule has 140 valence electrons. The molecule has 2 rings (SSSR count). The largest absolute Gasteiger partial charge is 0.444 e. The maximum atomic E-state index is 12.8. The van der Waals surface area contributed by atoms with Crippen molar-refractivity contribution in [2.45, 2.75) is 45.5 Å². The van der Waals surface area contributed by atoms with Crippen molar-refractivity contribution in [3.8, 4) is 11.3 Å². The van der Waals surface area contributed by atoms with Gasteiger partial charge in [-0.3, -0.25) is 4.98 Å². The summed E-state index contributed by atoms with van der Waals surface area (Å²) in [6.45, 7) is 7.07. The van der Waals surface area contributed by atoms with Crippen LogP contribution in [0.5, 0.6) is 0 Å². The minimum Gasteiger partial charge on any atom is -0.444 e. The normalized spacial score (nSPS) is 13.2. The Morgan fingerprint density at radius 1 is 1.15 bits per heavy atom. The number of amides is 1. The van der Waals surface area contributed by atoms with Gasteiger partial charge in [-0.25, -0.2) is 4.79 Å². The first-order chi connectivity index (χ1) is 12.0. The first kappa shape index (κ1) is 19.8. The van der Waals surface area contributed by atoms with E-state index in [9.17, 15) is 18.0 Å². The molecule has 2 aromatic rings. The fourth-order valence-electron chi connectivity index (χ4n) is 2.25. The molecule has 0 aliphatic carbocycles. The average molecular weight is 366 g/mol. The van der Waals surface area contributed by atoms with E-state index >= 15 is 0 Å². The molecule has 1 amide bonds. The number of benzene rings is 1. The van der Waals surface area contributed by atoms with Crippen molar-refractivity contribution in [1.82, 2.24) is 10.3 Å². The van der Waals surface area contributed by atoms with Gasteiger partial charge in [0.15, 0.2) is 0 Å². The third-order valence-electron chi connectivity index (χ3n) is 3.51. The maximum Gasteiger partial charge on any atom is 0.416 e. The predicted molar refractivity (Wildman–Crippen MR) is 92.5 cm³/mol. The van der Waals surface area contributed by atoms with Gasteiger partial charge in [-0.05, 0) is 51.5 Å². The molecule has 4 nitrogen and oxygen atoms in total. The standard InChI is InChI=1S/C19H21F3N2O2/c1-12(24-17(25)26-18(2,3)4)14-8-9-16(23-11-14)13-6-5-7-15(10-13)19(20,21)22/h5-12H,1-4H3,(H,24,25)/t12-/m0/s1. The van der Waals surface area contributed by atoms with Gasteiger partial charge in [0, 0.05) is 11.8 Å². The summed E-state index contributed by atoms with van der Waals surface area (Å²) in [7, 11) is 0. The third-order valence-corrected chi connectivity index (χ3v) is 3.51. The van der Waals surface area contributed by atoms with Crippen LogP contribution in [0, 0.1) is 0 Å². The molecule has 1 aromatic heterocycles. The monoisotopic (exact) mass is 366 g/mol. The summed E-state index contributed by atoms with van der Waals surface area (Å²) < 4.78 is 43.7. The van der Waals surface area contributed by atoms with Crippen molar-refractivity contribution in [2.75, 3.05) is 0 Å². The Morgan fingerprint density at radius 3 is 2.38 bits per heavy atom. The zero-order chi connectivity index (χ0) is 19.5. The van der Waals surface area contributed by atoms with Gasteiger partial charge in [0.1, 0.15) is 5.60 Å². The van der Waals surface area contributed by atoms with E-state index in [1.54, 1.807) is 45.9 Å². The number of hydrogen-bond acceptors (Lipinski definition) is 3. The Labute approximate surface area is 150 Å². The van der Waals surface area contributed by atoms with Crippen LogP contribution < -0.4 is 5.32 Å². The SMILES string of the molecule is C[C@H](NC(=O)OC(C)(C)C)c1ccc(-c2cccc(C(F)(F)F)c2)nc1. The second-order valence-corrected chi connectivity index (χ2v) is 6.92. The fourth-order valence-corrected chi connectivity index (χ4v) is 2.25. The van der Waals surface area contributed by atoms with Crippen LogP contribution in [0.1, 0.15) is 44.9 Å². The Kier molecular flexibility index (Phi) is 5.59. The number of nitrogens with zero attached hydrogens (tertiary/aromatic N) is 1. The molecule has 1 N–H and O–H groups in total. The molecule has 0 saturated heterocycles. The van der Waals surface area contributed by atoms with Crippen LogP contribution in [0.15, 0.2) is 42.6 Å². The van der Waals surface area contributed by atoms with E-state index in [0.29, 0.717) is 16.8 Å². The quantitative estimate of drug-likeness (QED) is 0.796. The van der Waals surface area contributed by atoms with Crippen molar-refractivity contribution in [3.05, 3.63) is 53.7 Å². The lowest BCUT2D eigenvalue weighted by Crippen LogP contribution is -2.34. The zero-order valence-electron chi connectivity index (χ0n) is 15.0. The van der Waals surface area contributed by atoms with Crippen LogP contribution in [0.2, 0.25) is 0 Å². The minimum absolute atomic E-state index is 0.354. The van der Waals surface area contributed by atoms with Gasteiger partial charge in [0.2, 0.25) is 0 Å². The molecule has 1 atom stereocenters. The van der Waals surface area contributed by atoms with Crippen LogP contribution in [0.3, 0.4) is 0 Å². The van der Waals surface area contributed by atoms with E-state index in [0.717, 1.165) is 12.1 Å². The minimum atomic E-state index is -4.40. The highest BCUT2D eigenvalue weighted by Crippen LogP contribution is 2.31. The van der Waals surface area contributed by atoms with Crippen molar-refractivity contribution < 1.29 is 22.7 Å². The number of halogens is 3. The highest BCUT2D eigenvalue weighted by atomic mass is 19.4. The number of alkyl carbamates (subject to hydrolysis) is 1. The summed E-state index contributed by atoms with van der Waals surface area (Å²) in [5.74, 6) is 0. The number of ether oxygens (including phenoxy) is 1. The number of carbonyl (C=O) groups is 1. The predicted octanol–water partition coefficient (Wildman–Crippen LogP) is 5.35. The van der Waals surface area contributed by atoms with Crippen molar-refractivity contribution >= 4 is 6.09 Å². The van der Waals surface area contributed by atoms with Crippen LogP contribution >= 0.6 is 0 Å². The van der Waals surface area contributed by atoms with Gasteiger partial charge in [-0.1, -0.05) is 18.2 Å². The number of carbonyl (C=O) groups excluding carboxylic acids is 1. The van der Waals surface area contributed by atoms with E-state index in [2.05, 4.69) is 10.3 Å². The van der Waals surface area contributed by atoms with E-state index in [1.807, 2.05) is 0 Å². The second kappa shape index (κ2) is 7.35. The fraction of sp³-hybridized carbons (Fsp3) is 0.368. The molecule has 0 bridgehead atoms. The van der Waals surface area contributed by atoms with E-state index in [1.165, 1.54) is 12.3 Å². The molecule has 0 aliphatic heterocycles. The molecule has 1 aromatic carbocycles. The second-order valence-electron chi connectivity index (χ2n) is 6.92. The molecule has 26 heavy (non-hydrogen) atoms. The molecule has 7 heteroatoms. The zero-order valence-corrected chi connectivity index (χ0v) is 15.0. The van der Waals surface area contributed by atoms with Crippen LogP contribution in [0.4, 0.5) is 18.0 Å². The average Bonchev–Trinajstić information content (AvgIpc) is 2.52. The lowest BCUT2D eigenvalue weighted by Gasteiger charge is -2.22. The number of nitrogens with one attached hydrogen (secondary N) is 1. The highest BCUT2D eigenvalue weighted by Gasteiger charge is 2.30. The Hall–Kier alpha value is -2.57. The Bertz CT molecular complexity index is 766. The van der Waals surface area contributed by atoms with Crippen molar-refractivity contribution in [2.24, 2.45) is 0 Å². The topological polar surface area (TPSA) is 51.2 Å². The molecule has 0 radical (unpaired) electrons. The molecule has 0 unspecified atom stereocenters. The van der Waals surface area contributed by atoms with Gasteiger partial charge in [0.25, 0.3) is 0 Å². The molecule has 0 saturated carbocycles. The summed E-state index contributed by atoms with van der Waals surface area (Å²) >= 11 is 0. The molecule has 0 spiro atoms. The lowest BCUT2D eigenvalue weighted by atomic mass is 10.1.